The summed E-state index contributed by atoms with van der Waals surface area (Å²) in [6.07, 6.45) is 1.29. The van der Waals surface area contributed by atoms with Gasteiger partial charge in [-0.25, -0.2) is 13.4 Å². The van der Waals surface area contributed by atoms with Gasteiger partial charge < -0.3 is 4.90 Å². The minimum atomic E-state index is -3.05. The van der Waals surface area contributed by atoms with Crippen LogP contribution in [0, 0.1) is 13.8 Å². The first-order valence-electron chi connectivity index (χ1n) is 8.56. The summed E-state index contributed by atoms with van der Waals surface area (Å²) in [6, 6.07) is 1.53. The van der Waals surface area contributed by atoms with Crippen LogP contribution in [0.15, 0.2) is 6.07 Å². The van der Waals surface area contributed by atoms with E-state index in [1.54, 1.807) is 15.6 Å². The summed E-state index contributed by atoms with van der Waals surface area (Å²) in [5.41, 5.74) is 2.74. The number of carbonyl (C=O) groups is 1. The van der Waals surface area contributed by atoms with Crippen LogP contribution in [0.2, 0.25) is 0 Å². The van der Waals surface area contributed by atoms with Gasteiger partial charge >= 0.3 is 0 Å². The molecule has 1 atom stereocenters. The van der Waals surface area contributed by atoms with E-state index >= 15 is 0 Å². The Morgan fingerprint density at radius 2 is 2.12 bits per heavy atom. The highest BCUT2D eigenvalue weighted by atomic mass is 32.2. The van der Waals surface area contributed by atoms with E-state index in [4.69, 9.17) is 0 Å². The summed E-state index contributed by atoms with van der Waals surface area (Å²) in [5.74, 6) is 0.0790. The number of amides is 1. The Labute approximate surface area is 147 Å². The molecule has 0 spiro atoms. The zero-order chi connectivity index (χ0) is 18.4. The van der Waals surface area contributed by atoms with Crippen LogP contribution < -0.4 is 0 Å². The summed E-state index contributed by atoms with van der Waals surface area (Å²) in [4.78, 5) is 19.6. The summed E-state index contributed by atoms with van der Waals surface area (Å²) >= 11 is 0. The van der Waals surface area contributed by atoms with Gasteiger partial charge in [0.2, 0.25) is 0 Å². The molecule has 3 heterocycles. The van der Waals surface area contributed by atoms with Gasteiger partial charge in [0.25, 0.3) is 5.91 Å². The first kappa shape index (κ1) is 17.8. The number of nitrogens with zero attached hydrogens (tertiary/aromatic N) is 4. The third-order valence-electron chi connectivity index (χ3n) is 4.70. The Balaban J connectivity index is 2.07. The summed E-state index contributed by atoms with van der Waals surface area (Å²) in [7, 11) is -1.24. The molecule has 1 amide bonds. The molecular weight excluding hydrogens is 340 g/mol. The lowest BCUT2D eigenvalue weighted by Crippen LogP contribution is -2.41. The summed E-state index contributed by atoms with van der Waals surface area (Å²) in [5, 5.41) is 5.14. The number of rotatable bonds is 4. The van der Waals surface area contributed by atoms with Crippen molar-refractivity contribution >= 4 is 26.8 Å². The number of carbonyl (C=O) groups excluding carboxylic acids is 1. The molecule has 2 aromatic rings. The zero-order valence-electron chi connectivity index (χ0n) is 15.1. The van der Waals surface area contributed by atoms with E-state index in [0.717, 1.165) is 23.2 Å². The first-order chi connectivity index (χ1) is 11.7. The molecule has 1 aliphatic heterocycles. The van der Waals surface area contributed by atoms with Crippen molar-refractivity contribution in [1.82, 2.24) is 19.7 Å². The van der Waals surface area contributed by atoms with E-state index in [1.807, 2.05) is 27.8 Å². The fraction of sp³-hybridized carbons (Fsp3) is 0.588. The summed E-state index contributed by atoms with van der Waals surface area (Å²) in [6.45, 7) is 6.25. The second-order valence-corrected chi connectivity index (χ2v) is 9.00. The van der Waals surface area contributed by atoms with Crippen LogP contribution in [0.1, 0.15) is 41.5 Å². The predicted octanol–water partition coefficient (Wildman–Crippen LogP) is 1.62. The van der Waals surface area contributed by atoms with Crippen molar-refractivity contribution < 1.29 is 13.2 Å². The molecular formula is C17H24N4O3S. The van der Waals surface area contributed by atoms with Gasteiger partial charge in [-0.05, 0) is 32.8 Å². The maximum absolute atomic E-state index is 13.3. The highest BCUT2D eigenvalue weighted by Crippen LogP contribution is 2.26. The van der Waals surface area contributed by atoms with Gasteiger partial charge in [0.05, 0.1) is 28.1 Å². The number of fused-ring (bicyclic) bond motifs is 1. The van der Waals surface area contributed by atoms with Gasteiger partial charge in [-0.3, -0.25) is 9.48 Å². The number of pyridine rings is 1. The molecule has 2 aromatic heterocycles. The Kier molecular flexibility index (Phi) is 4.57. The standard InChI is InChI=1S/C17H24N4O3S/c1-5-7-21(13-6-8-25(23,24)10-13)17(22)14-9-11(2)18-16-15(14)12(3)19-20(16)4/h9,13H,5-8,10H2,1-4H3. The Morgan fingerprint density at radius 3 is 2.72 bits per heavy atom. The molecule has 1 fully saturated rings. The number of hydrogen-bond acceptors (Lipinski definition) is 5. The Bertz CT molecular complexity index is 933. The van der Waals surface area contributed by atoms with Crippen LogP contribution in [-0.4, -0.2) is 58.1 Å². The van der Waals surface area contributed by atoms with Gasteiger partial charge in [0.1, 0.15) is 0 Å². The molecule has 8 heteroatoms. The SMILES string of the molecule is CCCN(C(=O)c1cc(C)nc2c1c(C)nn2C)C1CCS(=O)(=O)C1. The third kappa shape index (κ3) is 3.27. The lowest BCUT2D eigenvalue weighted by Gasteiger charge is -2.28. The quantitative estimate of drug-likeness (QED) is 0.823. The zero-order valence-corrected chi connectivity index (χ0v) is 15.9. The van der Waals surface area contributed by atoms with Gasteiger partial charge in [0, 0.05) is 25.3 Å². The van der Waals surface area contributed by atoms with Crippen molar-refractivity contribution in [1.29, 1.82) is 0 Å². The fourth-order valence-electron chi connectivity index (χ4n) is 3.61. The van der Waals surface area contributed by atoms with E-state index in [0.29, 0.717) is 24.2 Å². The topological polar surface area (TPSA) is 85.2 Å². The van der Waals surface area contributed by atoms with Crippen LogP contribution >= 0.6 is 0 Å². The predicted molar refractivity (Wildman–Crippen MR) is 96.4 cm³/mol. The molecule has 0 radical (unpaired) electrons. The van der Waals surface area contributed by atoms with Crippen LogP contribution in [0.3, 0.4) is 0 Å². The second-order valence-electron chi connectivity index (χ2n) is 6.77. The highest BCUT2D eigenvalue weighted by molar-refractivity contribution is 7.91. The molecule has 25 heavy (non-hydrogen) atoms. The molecule has 3 rings (SSSR count). The largest absolute Gasteiger partial charge is 0.335 e. The molecule has 1 aliphatic rings. The number of sulfone groups is 1. The monoisotopic (exact) mass is 364 g/mol. The lowest BCUT2D eigenvalue weighted by atomic mass is 10.1. The van der Waals surface area contributed by atoms with Gasteiger partial charge in [0.15, 0.2) is 15.5 Å². The second kappa shape index (κ2) is 6.40. The minimum absolute atomic E-state index is 0.0535. The van der Waals surface area contributed by atoms with Crippen molar-refractivity contribution in [3.8, 4) is 0 Å². The van der Waals surface area contributed by atoms with Crippen molar-refractivity contribution in [3.63, 3.8) is 0 Å². The first-order valence-corrected chi connectivity index (χ1v) is 10.4. The third-order valence-corrected chi connectivity index (χ3v) is 6.45. The number of aromatic nitrogens is 3. The van der Waals surface area contributed by atoms with Crippen molar-refractivity contribution in [2.24, 2.45) is 7.05 Å². The van der Waals surface area contributed by atoms with Crippen molar-refractivity contribution in [2.45, 2.75) is 39.7 Å². The van der Waals surface area contributed by atoms with Crippen molar-refractivity contribution in [3.05, 3.63) is 23.0 Å². The van der Waals surface area contributed by atoms with Gasteiger partial charge in [-0.1, -0.05) is 6.92 Å². The molecule has 0 aromatic carbocycles. The molecule has 136 valence electrons. The minimum Gasteiger partial charge on any atom is -0.335 e. The smallest absolute Gasteiger partial charge is 0.255 e. The van der Waals surface area contributed by atoms with E-state index in [9.17, 15) is 13.2 Å². The Hall–Kier alpha value is -1.96. The lowest BCUT2D eigenvalue weighted by molar-refractivity contribution is 0.0699. The van der Waals surface area contributed by atoms with E-state index in [-0.39, 0.29) is 23.5 Å². The fourth-order valence-corrected chi connectivity index (χ4v) is 5.34. The van der Waals surface area contributed by atoms with Gasteiger partial charge in [-0.15, -0.1) is 0 Å². The molecule has 0 saturated carbocycles. The van der Waals surface area contributed by atoms with Crippen LogP contribution in [-0.2, 0) is 16.9 Å². The number of aryl methyl sites for hydroxylation is 3. The van der Waals surface area contributed by atoms with E-state index in [2.05, 4.69) is 10.1 Å². The average Bonchev–Trinajstić information content (AvgIpc) is 3.03. The molecule has 0 bridgehead atoms. The summed E-state index contributed by atoms with van der Waals surface area (Å²) < 4.78 is 25.4. The van der Waals surface area contributed by atoms with Crippen molar-refractivity contribution in [2.75, 3.05) is 18.1 Å². The molecule has 1 saturated heterocycles. The molecule has 0 aliphatic carbocycles. The van der Waals surface area contributed by atoms with E-state index in [1.165, 1.54) is 0 Å². The highest BCUT2D eigenvalue weighted by Gasteiger charge is 2.35. The molecule has 7 nitrogen and oxygen atoms in total. The average molecular weight is 364 g/mol. The molecule has 1 unspecified atom stereocenters. The van der Waals surface area contributed by atoms with Crippen LogP contribution in [0.5, 0.6) is 0 Å². The van der Waals surface area contributed by atoms with Crippen LogP contribution in [0.4, 0.5) is 0 Å². The van der Waals surface area contributed by atoms with Gasteiger partial charge in [-0.2, -0.15) is 5.10 Å². The van der Waals surface area contributed by atoms with E-state index < -0.39 is 9.84 Å². The maximum atomic E-state index is 13.3. The molecule has 0 N–H and O–H groups in total. The maximum Gasteiger partial charge on any atom is 0.255 e. The Morgan fingerprint density at radius 1 is 1.40 bits per heavy atom. The normalized spacial score (nSPS) is 19.4. The van der Waals surface area contributed by atoms with Crippen LogP contribution in [0.25, 0.3) is 11.0 Å². The number of hydrogen-bond donors (Lipinski definition) is 0.